The predicted octanol–water partition coefficient (Wildman–Crippen LogP) is 1.92. The van der Waals surface area contributed by atoms with E-state index in [1.54, 1.807) is 20.1 Å². The lowest BCUT2D eigenvalue weighted by molar-refractivity contribution is -0.145. The second-order valence-corrected chi connectivity index (χ2v) is 4.01. The number of esters is 1. The molecule has 0 aromatic heterocycles. The summed E-state index contributed by atoms with van der Waals surface area (Å²) in [5.41, 5.74) is 0.965. The van der Waals surface area contributed by atoms with Crippen molar-refractivity contribution in [2.45, 2.75) is 19.9 Å². The molecule has 1 N–H and O–H groups in total. The molecule has 1 rings (SSSR count). The Morgan fingerprint density at radius 2 is 2.16 bits per heavy atom. The van der Waals surface area contributed by atoms with Crippen molar-refractivity contribution >= 4 is 5.97 Å². The fourth-order valence-corrected chi connectivity index (χ4v) is 1.62. The molecule has 5 nitrogen and oxygen atoms in total. The summed E-state index contributed by atoms with van der Waals surface area (Å²) in [6.07, 6.45) is 0. The number of rotatable bonds is 7. The van der Waals surface area contributed by atoms with Crippen LogP contribution in [0.3, 0.4) is 0 Å². The largest absolute Gasteiger partial charge is 0.497 e. The molecule has 0 aliphatic heterocycles. The minimum absolute atomic E-state index is 0.107. The highest BCUT2D eigenvalue weighted by molar-refractivity contribution is 5.71. The van der Waals surface area contributed by atoms with Crippen LogP contribution in [0.15, 0.2) is 18.2 Å². The zero-order valence-corrected chi connectivity index (χ0v) is 11.9. The van der Waals surface area contributed by atoms with E-state index in [2.05, 4.69) is 5.32 Å². The van der Waals surface area contributed by atoms with Gasteiger partial charge in [0, 0.05) is 17.7 Å². The van der Waals surface area contributed by atoms with Crippen molar-refractivity contribution in [1.29, 1.82) is 0 Å². The van der Waals surface area contributed by atoms with Gasteiger partial charge in [-0.2, -0.15) is 0 Å². The van der Waals surface area contributed by atoms with Crippen LogP contribution in [0.5, 0.6) is 11.5 Å². The highest BCUT2D eigenvalue weighted by Gasteiger charge is 2.13. The van der Waals surface area contributed by atoms with E-state index in [4.69, 9.17) is 14.2 Å². The highest BCUT2D eigenvalue weighted by Crippen LogP contribution is 2.29. The summed E-state index contributed by atoms with van der Waals surface area (Å²) in [6, 6.07) is 5.66. The highest BCUT2D eigenvalue weighted by atomic mass is 16.6. The van der Waals surface area contributed by atoms with E-state index in [9.17, 15) is 4.79 Å². The number of ether oxygens (including phenoxy) is 3. The Bertz CT molecular complexity index is 420. The summed E-state index contributed by atoms with van der Waals surface area (Å²) in [4.78, 5) is 11.3. The first-order valence-corrected chi connectivity index (χ1v) is 6.26. The summed E-state index contributed by atoms with van der Waals surface area (Å²) < 4.78 is 15.5. The summed E-state index contributed by atoms with van der Waals surface area (Å²) in [5, 5.41) is 3.13. The predicted molar refractivity (Wildman–Crippen MR) is 72.6 cm³/mol. The summed E-state index contributed by atoms with van der Waals surface area (Å²) in [6.45, 7) is 4.02. The lowest BCUT2D eigenvalue weighted by atomic mass is 10.1. The zero-order chi connectivity index (χ0) is 14.3. The maximum atomic E-state index is 11.3. The smallest absolute Gasteiger partial charge is 0.344 e. The van der Waals surface area contributed by atoms with E-state index >= 15 is 0 Å². The molecule has 0 fully saturated rings. The number of nitrogens with one attached hydrogen (secondary N) is 1. The molecule has 5 heteroatoms. The van der Waals surface area contributed by atoms with Crippen LogP contribution in [-0.4, -0.2) is 33.3 Å². The average Bonchev–Trinajstić information content (AvgIpc) is 2.44. The molecule has 0 amide bonds. The topological polar surface area (TPSA) is 56.8 Å². The van der Waals surface area contributed by atoms with Gasteiger partial charge in [-0.3, -0.25) is 0 Å². The van der Waals surface area contributed by atoms with Crippen LogP contribution in [0.4, 0.5) is 0 Å². The summed E-state index contributed by atoms with van der Waals surface area (Å²) >= 11 is 0. The van der Waals surface area contributed by atoms with Crippen molar-refractivity contribution in [2.75, 3.05) is 27.4 Å². The molecule has 0 radical (unpaired) electrons. The molecule has 0 heterocycles. The van der Waals surface area contributed by atoms with Gasteiger partial charge >= 0.3 is 5.97 Å². The molecule has 1 atom stereocenters. The molecule has 0 aliphatic rings. The minimum atomic E-state index is -0.381. The normalized spacial score (nSPS) is 11.8. The van der Waals surface area contributed by atoms with Crippen LogP contribution in [0, 0.1) is 0 Å². The first kappa shape index (κ1) is 15.3. The number of carbonyl (C=O) groups excluding carboxylic acids is 1. The van der Waals surface area contributed by atoms with E-state index in [0.29, 0.717) is 18.1 Å². The fourth-order valence-electron chi connectivity index (χ4n) is 1.62. The van der Waals surface area contributed by atoms with E-state index in [0.717, 1.165) is 5.56 Å². The van der Waals surface area contributed by atoms with Crippen molar-refractivity contribution in [2.24, 2.45) is 0 Å². The molecule has 0 saturated heterocycles. The fraction of sp³-hybridized carbons (Fsp3) is 0.500. The Morgan fingerprint density at radius 3 is 2.74 bits per heavy atom. The van der Waals surface area contributed by atoms with Gasteiger partial charge in [0.2, 0.25) is 0 Å². The number of methoxy groups -OCH3 is 1. The van der Waals surface area contributed by atoms with Gasteiger partial charge in [-0.25, -0.2) is 4.79 Å². The number of carbonyl (C=O) groups is 1. The van der Waals surface area contributed by atoms with Gasteiger partial charge < -0.3 is 19.5 Å². The molecular weight excluding hydrogens is 246 g/mol. The second-order valence-electron chi connectivity index (χ2n) is 4.01. The summed E-state index contributed by atoms with van der Waals surface area (Å²) in [7, 11) is 3.45. The van der Waals surface area contributed by atoms with Crippen LogP contribution in [0.1, 0.15) is 25.5 Å². The quantitative estimate of drug-likeness (QED) is 0.765. The third kappa shape index (κ3) is 4.44. The van der Waals surface area contributed by atoms with Gasteiger partial charge in [-0.1, -0.05) is 6.07 Å². The van der Waals surface area contributed by atoms with Crippen molar-refractivity contribution < 1.29 is 19.0 Å². The Kier molecular flexibility index (Phi) is 6.15. The molecule has 1 aromatic carbocycles. The minimum Gasteiger partial charge on any atom is -0.497 e. The first-order valence-electron chi connectivity index (χ1n) is 6.26. The first-order chi connectivity index (χ1) is 9.12. The Morgan fingerprint density at radius 1 is 1.42 bits per heavy atom. The lowest BCUT2D eigenvalue weighted by Gasteiger charge is -2.17. The van der Waals surface area contributed by atoms with E-state index in [-0.39, 0.29) is 18.6 Å². The van der Waals surface area contributed by atoms with Gasteiger partial charge in [0.05, 0.1) is 13.7 Å². The Balaban J connectivity index is 2.85. The van der Waals surface area contributed by atoms with Crippen LogP contribution in [0.2, 0.25) is 0 Å². The molecule has 0 saturated carbocycles. The van der Waals surface area contributed by atoms with E-state index in [1.807, 2.05) is 26.1 Å². The van der Waals surface area contributed by atoms with Crippen molar-refractivity contribution in [3.8, 4) is 11.5 Å². The third-order valence-electron chi connectivity index (χ3n) is 2.77. The number of benzene rings is 1. The Labute approximate surface area is 113 Å². The van der Waals surface area contributed by atoms with Crippen LogP contribution in [0.25, 0.3) is 0 Å². The Hall–Kier alpha value is -1.75. The molecule has 1 unspecified atom stereocenters. The second kappa shape index (κ2) is 7.63. The van der Waals surface area contributed by atoms with Gasteiger partial charge in [0.25, 0.3) is 0 Å². The van der Waals surface area contributed by atoms with Gasteiger partial charge in [-0.05, 0) is 27.0 Å². The average molecular weight is 267 g/mol. The van der Waals surface area contributed by atoms with E-state index in [1.165, 1.54) is 0 Å². The van der Waals surface area contributed by atoms with Gasteiger partial charge in [0.1, 0.15) is 11.5 Å². The molecule has 19 heavy (non-hydrogen) atoms. The van der Waals surface area contributed by atoms with Crippen molar-refractivity contribution in [3.63, 3.8) is 0 Å². The number of hydrogen-bond acceptors (Lipinski definition) is 5. The third-order valence-corrected chi connectivity index (χ3v) is 2.77. The van der Waals surface area contributed by atoms with Crippen molar-refractivity contribution in [1.82, 2.24) is 5.32 Å². The van der Waals surface area contributed by atoms with Crippen LogP contribution >= 0.6 is 0 Å². The van der Waals surface area contributed by atoms with Crippen LogP contribution in [-0.2, 0) is 9.53 Å². The lowest BCUT2D eigenvalue weighted by Crippen LogP contribution is -2.18. The molecule has 106 valence electrons. The van der Waals surface area contributed by atoms with Crippen molar-refractivity contribution in [3.05, 3.63) is 23.8 Å². The SMILES string of the molecule is CCOC(=O)COc1cc(OC)ccc1C(C)NC. The van der Waals surface area contributed by atoms with Gasteiger partial charge in [0.15, 0.2) is 6.61 Å². The molecule has 0 aliphatic carbocycles. The molecule has 0 bridgehead atoms. The van der Waals surface area contributed by atoms with Gasteiger partial charge in [-0.15, -0.1) is 0 Å². The molecule has 1 aromatic rings. The molecule has 0 spiro atoms. The standard InChI is InChI=1S/C14H21NO4/c1-5-18-14(16)9-19-13-8-11(17-4)6-7-12(13)10(2)15-3/h6-8,10,15H,5,9H2,1-4H3. The monoisotopic (exact) mass is 267 g/mol. The van der Waals surface area contributed by atoms with E-state index < -0.39 is 0 Å². The zero-order valence-electron chi connectivity index (χ0n) is 11.9. The number of hydrogen-bond donors (Lipinski definition) is 1. The van der Waals surface area contributed by atoms with Crippen LogP contribution < -0.4 is 14.8 Å². The molecular formula is C14H21NO4. The maximum absolute atomic E-state index is 11.3. The maximum Gasteiger partial charge on any atom is 0.344 e. The summed E-state index contributed by atoms with van der Waals surface area (Å²) in [5.74, 6) is 0.925.